The van der Waals surface area contributed by atoms with Crippen molar-refractivity contribution in [3.05, 3.63) is 59.0 Å². The largest absolute Gasteiger partial charge is 0.492 e. The minimum absolute atomic E-state index is 0.0691. The van der Waals surface area contributed by atoms with Crippen molar-refractivity contribution in [2.24, 2.45) is 0 Å². The summed E-state index contributed by atoms with van der Waals surface area (Å²) in [6, 6.07) is 13.6. The van der Waals surface area contributed by atoms with Gasteiger partial charge in [-0.3, -0.25) is 4.79 Å². The summed E-state index contributed by atoms with van der Waals surface area (Å²) in [4.78, 5) is 17.1. The number of ether oxygens (including phenoxy) is 1. The van der Waals surface area contributed by atoms with Gasteiger partial charge in [-0.05, 0) is 50.2 Å². The summed E-state index contributed by atoms with van der Waals surface area (Å²) in [6.07, 6.45) is 6.34. The molecule has 1 aliphatic rings. The number of rotatable bonds is 7. The smallest absolute Gasteiger partial charge is 0.251 e. The summed E-state index contributed by atoms with van der Waals surface area (Å²) in [6.45, 7) is 1.44. The van der Waals surface area contributed by atoms with E-state index in [9.17, 15) is 4.79 Å². The zero-order valence-corrected chi connectivity index (χ0v) is 16.1. The van der Waals surface area contributed by atoms with E-state index >= 15 is 0 Å². The topological polar surface area (TPSA) is 68.2 Å². The molecule has 1 fully saturated rings. The molecule has 1 saturated carbocycles. The van der Waals surface area contributed by atoms with E-state index in [-0.39, 0.29) is 5.56 Å². The Morgan fingerprint density at radius 3 is 2.68 bits per heavy atom. The van der Waals surface area contributed by atoms with E-state index in [1.165, 1.54) is 12.8 Å². The molecule has 1 aliphatic carbocycles. The zero-order valence-electron chi connectivity index (χ0n) is 16.1. The van der Waals surface area contributed by atoms with Crippen molar-refractivity contribution in [1.82, 2.24) is 14.9 Å². The first-order chi connectivity index (χ1) is 13.7. The van der Waals surface area contributed by atoms with Crippen molar-refractivity contribution < 1.29 is 4.74 Å². The molecular formula is C22H26N4O2. The quantitative estimate of drug-likeness (QED) is 0.611. The number of fused-ring (bicyclic) bond motifs is 1. The van der Waals surface area contributed by atoms with E-state index in [1.807, 2.05) is 54.2 Å². The van der Waals surface area contributed by atoms with Crippen LogP contribution in [0.1, 0.15) is 31.7 Å². The summed E-state index contributed by atoms with van der Waals surface area (Å²) in [5.74, 6) is 1.57. The molecule has 0 unspecified atom stereocenters. The first-order valence-electron chi connectivity index (χ1n) is 9.90. The number of nitrogens with zero attached hydrogens (tertiary/aromatic N) is 2. The summed E-state index contributed by atoms with van der Waals surface area (Å²) in [5, 5.41) is 7.38. The molecule has 0 amide bonds. The van der Waals surface area contributed by atoms with Crippen molar-refractivity contribution in [3.8, 4) is 5.75 Å². The zero-order chi connectivity index (χ0) is 19.3. The molecule has 28 heavy (non-hydrogen) atoms. The maximum atomic E-state index is 12.5. The molecule has 146 valence electrons. The number of pyridine rings is 2. The van der Waals surface area contributed by atoms with Crippen LogP contribution in [0.4, 0.5) is 11.5 Å². The average molecular weight is 378 g/mol. The molecule has 0 bridgehead atoms. The maximum Gasteiger partial charge on any atom is 0.251 e. The number of hydrogen-bond donors (Lipinski definition) is 2. The molecule has 6 nitrogen and oxygen atoms in total. The summed E-state index contributed by atoms with van der Waals surface area (Å²) in [5.41, 5.74) is 1.95. The fourth-order valence-electron chi connectivity index (χ4n) is 3.81. The standard InChI is InChI=1S/C22H26N4O2/c1-23-12-13-28-19-9-7-17(8-10-19)25-21-14-20-16(15-24-21)6-11-22(27)26(20)18-4-2-3-5-18/h6-11,14-15,18,23H,2-5,12-13H2,1H3,(H,24,25). The van der Waals surface area contributed by atoms with Crippen molar-refractivity contribution in [2.75, 3.05) is 25.5 Å². The molecule has 2 heterocycles. The summed E-state index contributed by atoms with van der Waals surface area (Å²) in [7, 11) is 1.90. The van der Waals surface area contributed by atoms with Gasteiger partial charge >= 0.3 is 0 Å². The van der Waals surface area contributed by atoms with Crippen LogP contribution in [0.15, 0.2) is 53.5 Å². The van der Waals surface area contributed by atoms with Crippen LogP contribution in [0.2, 0.25) is 0 Å². The minimum atomic E-state index is 0.0691. The van der Waals surface area contributed by atoms with E-state index in [0.717, 1.165) is 47.5 Å². The highest BCUT2D eigenvalue weighted by Crippen LogP contribution is 2.31. The minimum Gasteiger partial charge on any atom is -0.492 e. The van der Waals surface area contributed by atoms with Gasteiger partial charge in [-0.1, -0.05) is 12.8 Å². The number of likely N-dealkylation sites (N-methyl/N-ethyl adjacent to an activating group) is 1. The second kappa shape index (κ2) is 8.44. The van der Waals surface area contributed by atoms with Crippen LogP contribution in [-0.4, -0.2) is 29.8 Å². The lowest BCUT2D eigenvalue weighted by Crippen LogP contribution is -2.22. The van der Waals surface area contributed by atoms with Crippen LogP contribution in [0.5, 0.6) is 5.75 Å². The van der Waals surface area contributed by atoms with Crippen LogP contribution in [0.25, 0.3) is 10.9 Å². The molecule has 0 saturated heterocycles. The molecule has 0 spiro atoms. The van der Waals surface area contributed by atoms with Gasteiger partial charge in [-0.2, -0.15) is 0 Å². The van der Waals surface area contributed by atoms with Crippen LogP contribution in [-0.2, 0) is 0 Å². The van der Waals surface area contributed by atoms with Gasteiger partial charge in [0.15, 0.2) is 0 Å². The van der Waals surface area contributed by atoms with Crippen molar-refractivity contribution >= 4 is 22.4 Å². The molecule has 1 aromatic carbocycles. The van der Waals surface area contributed by atoms with Gasteiger partial charge in [0.1, 0.15) is 18.2 Å². The lowest BCUT2D eigenvalue weighted by Gasteiger charge is -2.17. The Hall–Kier alpha value is -2.86. The van der Waals surface area contributed by atoms with Crippen molar-refractivity contribution in [1.29, 1.82) is 0 Å². The molecule has 3 aromatic rings. The van der Waals surface area contributed by atoms with Gasteiger partial charge in [0, 0.05) is 42.0 Å². The normalized spacial score (nSPS) is 14.5. The van der Waals surface area contributed by atoms with Gasteiger partial charge in [0.25, 0.3) is 5.56 Å². The van der Waals surface area contributed by atoms with Crippen LogP contribution < -0.4 is 20.9 Å². The Bertz CT molecular complexity index is 992. The second-order valence-electron chi connectivity index (χ2n) is 7.21. The number of aromatic nitrogens is 2. The maximum absolute atomic E-state index is 12.5. The third-order valence-electron chi connectivity index (χ3n) is 5.25. The number of nitrogens with one attached hydrogen (secondary N) is 2. The molecule has 4 rings (SSSR count). The second-order valence-corrected chi connectivity index (χ2v) is 7.21. The van der Waals surface area contributed by atoms with Gasteiger partial charge in [0.2, 0.25) is 0 Å². The predicted octanol–water partition coefficient (Wildman–Crippen LogP) is 3.85. The third kappa shape index (κ3) is 4.02. The lowest BCUT2D eigenvalue weighted by molar-refractivity contribution is 0.318. The Kier molecular flexibility index (Phi) is 5.58. The van der Waals surface area contributed by atoms with E-state index < -0.39 is 0 Å². The van der Waals surface area contributed by atoms with Crippen LogP contribution in [0.3, 0.4) is 0 Å². The first kappa shape index (κ1) is 18.5. The van der Waals surface area contributed by atoms with Crippen LogP contribution in [0, 0.1) is 0 Å². The molecule has 0 aliphatic heterocycles. The van der Waals surface area contributed by atoms with E-state index in [2.05, 4.69) is 15.6 Å². The van der Waals surface area contributed by atoms with Gasteiger partial charge in [0.05, 0.1) is 5.52 Å². The summed E-state index contributed by atoms with van der Waals surface area (Å²) < 4.78 is 7.60. The number of anilines is 2. The molecule has 0 radical (unpaired) electrons. The molecule has 2 aromatic heterocycles. The Labute approximate surface area is 164 Å². The molecular weight excluding hydrogens is 352 g/mol. The van der Waals surface area contributed by atoms with Gasteiger partial charge in [-0.25, -0.2) is 4.98 Å². The third-order valence-corrected chi connectivity index (χ3v) is 5.25. The van der Waals surface area contributed by atoms with E-state index in [4.69, 9.17) is 4.74 Å². The monoisotopic (exact) mass is 378 g/mol. The Balaban J connectivity index is 1.57. The number of hydrogen-bond acceptors (Lipinski definition) is 5. The molecule has 0 atom stereocenters. The highest BCUT2D eigenvalue weighted by Gasteiger charge is 2.19. The molecule has 2 N–H and O–H groups in total. The van der Waals surface area contributed by atoms with E-state index in [0.29, 0.717) is 12.6 Å². The fraction of sp³-hybridized carbons (Fsp3) is 0.364. The Morgan fingerprint density at radius 2 is 1.93 bits per heavy atom. The van der Waals surface area contributed by atoms with Crippen molar-refractivity contribution in [2.45, 2.75) is 31.7 Å². The van der Waals surface area contributed by atoms with Crippen molar-refractivity contribution in [3.63, 3.8) is 0 Å². The van der Waals surface area contributed by atoms with Crippen LogP contribution >= 0.6 is 0 Å². The predicted molar refractivity (Wildman–Crippen MR) is 113 cm³/mol. The number of benzene rings is 1. The Morgan fingerprint density at radius 1 is 1.14 bits per heavy atom. The average Bonchev–Trinajstić information content (AvgIpc) is 3.23. The lowest BCUT2D eigenvalue weighted by atomic mass is 10.2. The van der Waals surface area contributed by atoms with Gasteiger partial charge in [-0.15, -0.1) is 0 Å². The first-order valence-corrected chi connectivity index (χ1v) is 9.90. The highest BCUT2D eigenvalue weighted by molar-refractivity contribution is 5.81. The molecule has 6 heteroatoms. The highest BCUT2D eigenvalue weighted by atomic mass is 16.5. The summed E-state index contributed by atoms with van der Waals surface area (Å²) >= 11 is 0. The van der Waals surface area contributed by atoms with E-state index in [1.54, 1.807) is 6.07 Å². The fourth-order valence-corrected chi connectivity index (χ4v) is 3.81. The van der Waals surface area contributed by atoms with Gasteiger partial charge < -0.3 is 19.9 Å². The SMILES string of the molecule is CNCCOc1ccc(Nc2cc3c(ccc(=O)n3C3CCCC3)cn2)cc1.